The van der Waals surface area contributed by atoms with Crippen molar-refractivity contribution in [1.82, 2.24) is 20.6 Å². The summed E-state index contributed by atoms with van der Waals surface area (Å²) in [6, 6.07) is 16.5. The highest BCUT2D eigenvalue weighted by Gasteiger charge is 2.30. The van der Waals surface area contributed by atoms with E-state index in [0.29, 0.717) is 10.8 Å². The summed E-state index contributed by atoms with van der Waals surface area (Å²) in [5.41, 5.74) is 3.36. The van der Waals surface area contributed by atoms with Crippen LogP contribution < -0.4 is 21.1 Å². The molecular formula is C25H19F3N4O4. The highest BCUT2D eigenvalue weighted by Crippen LogP contribution is 2.32. The van der Waals surface area contributed by atoms with Gasteiger partial charge in [-0.2, -0.15) is 18.3 Å². The Morgan fingerprint density at radius 2 is 1.53 bits per heavy atom. The maximum atomic E-state index is 12.9. The van der Waals surface area contributed by atoms with E-state index in [1.807, 2.05) is 0 Å². The normalized spacial score (nSPS) is 11.2. The minimum Gasteiger partial charge on any atom is -0.457 e. The van der Waals surface area contributed by atoms with E-state index >= 15 is 0 Å². The maximum absolute atomic E-state index is 12.9. The van der Waals surface area contributed by atoms with Crippen LogP contribution in [0.2, 0.25) is 0 Å². The van der Waals surface area contributed by atoms with Crippen molar-refractivity contribution in [2.24, 2.45) is 0 Å². The molecule has 8 nitrogen and oxygen atoms in total. The molecule has 3 aromatic carbocycles. The second-order valence-corrected chi connectivity index (χ2v) is 7.58. The summed E-state index contributed by atoms with van der Waals surface area (Å²) in [6.07, 6.45) is -4.52. The Kier molecular flexibility index (Phi) is 6.73. The number of nitrogens with zero attached hydrogens (tertiary/aromatic N) is 2. The van der Waals surface area contributed by atoms with Crippen molar-refractivity contribution in [3.63, 3.8) is 0 Å². The van der Waals surface area contributed by atoms with Gasteiger partial charge in [-0.1, -0.05) is 30.3 Å². The van der Waals surface area contributed by atoms with E-state index in [4.69, 9.17) is 4.74 Å². The number of aromatic nitrogens is 2. The number of benzene rings is 3. The molecule has 0 spiro atoms. The lowest BCUT2D eigenvalue weighted by molar-refractivity contribution is -0.137. The van der Waals surface area contributed by atoms with Crippen LogP contribution in [0.3, 0.4) is 0 Å². The number of hydrogen-bond donors (Lipinski definition) is 2. The highest BCUT2D eigenvalue weighted by molar-refractivity contribution is 6.06. The van der Waals surface area contributed by atoms with E-state index in [9.17, 15) is 27.6 Å². The molecule has 0 atom stereocenters. The molecular weight excluding hydrogens is 477 g/mol. The number of carbonyl (C=O) groups is 2. The van der Waals surface area contributed by atoms with Crippen molar-refractivity contribution < 1.29 is 27.5 Å². The molecule has 2 amide bonds. The zero-order valence-electron chi connectivity index (χ0n) is 18.8. The van der Waals surface area contributed by atoms with E-state index in [2.05, 4.69) is 16.0 Å². The first-order valence-corrected chi connectivity index (χ1v) is 10.7. The van der Waals surface area contributed by atoms with Crippen molar-refractivity contribution in [2.75, 3.05) is 0 Å². The Morgan fingerprint density at radius 3 is 2.22 bits per heavy atom. The average Bonchev–Trinajstić information content (AvgIpc) is 2.87. The fourth-order valence-electron chi connectivity index (χ4n) is 3.43. The number of amides is 2. The predicted molar refractivity (Wildman–Crippen MR) is 125 cm³/mol. The van der Waals surface area contributed by atoms with Crippen molar-refractivity contribution in [3.05, 3.63) is 100.0 Å². The molecule has 0 aliphatic heterocycles. The van der Waals surface area contributed by atoms with E-state index in [1.165, 1.54) is 36.4 Å². The highest BCUT2D eigenvalue weighted by atomic mass is 19.4. The molecule has 0 unspecified atom stereocenters. The molecule has 36 heavy (non-hydrogen) atoms. The number of alkyl halides is 3. The van der Waals surface area contributed by atoms with Gasteiger partial charge in [-0.05, 0) is 49.4 Å². The molecule has 2 N–H and O–H groups in total. The number of rotatable bonds is 5. The molecule has 184 valence electrons. The fourth-order valence-corrected chi connectivity index (χ4v) is 3.43. The number of hydrazine groups is 1. The molecule has 0 bridgehead atoms. The first-order chi connectivity index (χ1) is 17.2. The summed E-state index contributed by atoms with van der Waals surface area (Å²) in [5.74, 6) is -1.38. The monoisotopic (exact) mass is 496 g/mol. The summed E-state index contributed by atoms with van der Waals surface area (Å²) in [5, 5.41) is 4.74. The van der Waals surface area contributed by atoms with Gasteiger partial charge in [-0.25, -0.2) is 4.68 Å². The lowest BCUT2D eigenvalue weighted by atomic mass is 10.1. The predicted octanol–water partition coefficient (Wildman–Crippen LogP) is 4.30. The van der Waals surface area contributed by atoms with Gasteiger partial charge in [-0.15, -0.1) is 0 Å². The first kappa shape index (κ1) is 24.5. The molecule has 0 radical (unpaired) electrons. The molecule has 0 fully saturated rings. The number of carbonyl (C=O) groups excluding carboxylic acids is 2. The largest absolute Gasteiger partial charge is 0.457 e. The van der Waals surface area contributed by atoms with Gasteiger partial charge in [-0.3, -0.25) is 25.2 Å². The van der Waals surface area contributed by atoms with E-state index in [-0.39, 0.29) is 34.9 Å². The van der Waals surface area contributed by atoms with Crippen LogP contribution in [0.1, 0.15) is 33.3 Å². The number of halogens is 3. The molecule has 4 rings (SSSR count). The number of nitrogens with one attached hydrogen (secondary N) is 2. The van der Waals surface area contributed by atoms with Gasteiger partial charge in [0, 0.05) is 17.5 Å². The van der Waals surface area contributed by atoms with Crippen LogP contribution in [0.4, 0.5) is 13.2 Å². The van der Waals surface area contributed by atoms with Crippen LogP contribution in [0.5, 0.6) is 11.5 Å². The second-order valence-electron chi connectivity index (χ2n) is 7.58. The van der Waals surface area contributed by atoms with Gasteiger partial charge in [0.25, 0.3) is 17.4 Å². The Morgan fingerprint density at radius 1 is 0.889 bits per heavy atom. The molecule has 11 heteroatoms. The SMILES string of the molecule is CCn1nc(C(=O)NNC(=O)c2cccc(Oc3cccc(C(F)(F)F)c3)c2)c2ccccc2c1=O. The molecule has 4 aromatic rings. The van der Waals surface area contributed by atoms with Gasteiger partial charge in [0.2, 0.25) is 0 Å². The third kappa shape index (κ3) is 5.19. The lowest BCUT2D eigenvalue weighted by Crippen LogP contribution is -2.42. The maximum Gasteiger partial charge on any atom is 0.416 e. The molecule has 0 saturated heterocycles. The average molecular weight is 496 g/mol. The standard InChI is InChI=1S/C25H19F3N4O4/c1-2-32-24(35)20-12-4-3-11-19(20)21(31-32)23(34)30-29-22(33)15-7-5-9-17(13-15)36-18-10-6-8-16(14-18)25(26,27)28/h3-14H,2H2,1H3,(H,29,33)(H,30,34). The van der Waals surface area contributed by atoms with E-state index in [1.54, 1.807) is 31.2 Å². The summed E-state index contributed by atoms with van der Waals surface area (Å²) < 4.78 is 45.4. The Bertz CT molecular complexity index is 1520. The van der Waals surface area contributed by atoms with Crippen molar-refractivity contribution in [1.29, 1.82) is 0 Å². The van der Waals surface area contributed by atoms with Crippen molar-refractivity contribution >= 4 is 22.6 Å². The van der Waals surface area contributed by atoms with Crippen LogP contribution in [0.15, 0.2) is 77.6 Å². The third-order valence-electron chi connectivity index (χ3n) is 5.17. The van der Waals surface area contributed by atoms with Crippen LogP contribution in [0, 0.1) is 0 Å². The van der Waals surface area contributed by atoms with Gasteiger partial charge in [0.15, 0.2) is 5.69 Å². The van der Waals surface area contributed by atoms with Crippen molar-refractivity contribution in [2.45, 2.75) is 19.6 Å². The Labute approximate surface area is 202 Å². The van der Waals surface area contributed by atoms with Gasteiger partial charge >= 0.3 is 6.18 Å². The molecule has 0 saturated carbocycles. The molecule has 1 aromatic heterocycles. The second kappa shape index (κ2) is 9.90. The number of ether oxygens (including phenoxy) is 1. The van der Waals surface area contributed by atoms with Gasteiger partial charge < -0.3 is 4.74 Å². The quantitative estimate of drug-likeness (QED) is 0.401. The van der Waals surface area contributed by atoms with Crippen LogP contribution in [0.25, 0.3) is 10.8 Å². The minimum atomic E-state index is -4.52. The number of aryl methyl sites for hydroxylation is 1. The summed E-state index contributed by atoms with van der Waals surface area (Å²) in [7, 11) is 0. The Balaban J connectivity index is 1.49. The lowest BCUT2D eigenvalue weighted by Gasteiger charge is -2.12. The zero-order chi connectivity index (χ0) is 25.9. The van der Waals surface area contributed by atoms with E-state index in [0.717, 1.165) is 16.8 Å². The van der Waals surface area contributed by atoms with Crippen LogP contribution in [-0.4, -0.2) is 21.6 Å². The topological polar surface area (TPSA) is 102 Å². The van der Waals surface area contributed by atoms with Gasteiger partial charge in [0.1, 0.15) is 11.5 Å². The minimum absolute atomic E-state index is 0.0472. The smallest absolute Gasteiger partial charge is 0.416 e. The van der Waals surface area contributed by atoms with E-state index < -0.39 is 23.6 Å². The number of fused-ring (bicyclic) bond motifs is 1. The van der Waals surface area contributed by atoms with Crippen molar-refractivity contribution in [3.8, 4) is 11.5 Å². The number of hydrogen-bond acceptors (Lipinski definition) is 5. The Hall–Kier alpha value is -4.67. The summed E-state index contributed by atoms with van der Waals surface area (Å²) in [6.45, 7) is 1.95. The van der Waals surface area contributed by atoms with Crippen LogP contribution >= 0.6 is 0 Å². The summed E-state index contributed by atoms with van der Waals surface area (Å²) >= 11 is 0. The summed E-state index contributed by atoms with van der Waals surface area (Å²) in [4.78, 5) is 37.8. The molecule has 1 heterocycles. The zero-order valence-corrected chi connectivity index (χ0v) is 18.8. The molecule has 0 aliphatic carbocycles. The van der Waals surface area contributed by atoms with Crippen LogP contribution in [-0.2, 0) is 12.7 Å². The van der Waals surface area contributed by atoms with Gasteiger partial charge in [0.05, 0.1) is 10.9 Å². The third-order valence-corrected chi connectivity index (χ3v) is 5.17. The fraction of sp³-hybridized carbons (Fsp3) is 0.120. The first-order valence-electron chi connectivity index (χ1n) is 10.7. The molecule has 0 aliphatic rings.